The molecule has 5 heteroatoms. The SMILES string of the molecule is COc1cc(OC)cc(C2(O)CCN(Cc3ccccc3F)CC2)c1. The van der Waals surface area contributed by atoms with Crippen LogP contribution >= 0.6 is 0 Å². The topological polar surface area (TPSA) is 41.9 Å². The Labute approximate surface area is 147 Å². The van der Waals surface area contributed by atoms with E-state index in [4.69, 9.17) is 9.47 Å². The lowest BCUT2D eigenvalue weighted by Gasteiger charge is -2.38. The van der Waals surface area contributed by atoms with Crippen LogP contribution in [-0.4, -0.2) is 37.3 Å². The number of rotatable bonds is 5. The van der Waals surface area contributed by atoms with E-state index in [0.717, 1.165) is 5.56 Å². The molecule has 3 rings (SSSR count). The number of aliphatic hydroxyl groups is 1. The molecular weight excluding hydrogens is 321 g/mol. The minimum Gasteiger partial charge on any atom is -0.497 e. The van der Waals surface area contributed by atoms with Crippen molar-refractivity contribution in [1.29, 1.82) is 0 Å². The van der Waals surface area contributed by atoms with Gasteiger partial charge in [0.15, 0.2) is 0 Å². The second kappa shape index (κ2) is 7.42. The van der Waals surface area contributed by atoms with Crippen LogP contribution in [0.5, 0.6) is 11.5 Å². The largest absolute Gasteiger partial charge is 0.497 e. The van der Waals surface area contributed by atoms with Crippen molar-refractivity contribution in [2.24, 2.45) is 0 Å². The predicted octanol–water partition coefficient (Wildman–Crippen LogP) is 3.33. The molecule has 2 aromatic rings. The van der Waals surface area contributed by atoms with E-state index in [-0.39, 0.29) is 5.82 Å². The number of nitrogens with zero attached hydrogens (tertiary/aromatic N) is 1. The van der Waals surface area contributed by atoms with Gasteiger partial charge in [0.1, 0.15) is 17.3 Å². The summed E-state index contributed by atoms with van der Waals surface area (Å²) < 4.78 is 24.4. The number of halogens is 1. The van der Waals surface area contributed by atoms with Crippen molar-refractivity contribution in [1.82, 2.24) is 4.90 Å². The number of hydrogen-bond acceptors (Lipinski definition) is 4. The average molecular weight is 345 g/mol. The summed E-state index contributed by atoms with van der Waals surface area (Å²) in [6, 6.07) is 12.3. The summed E-state index contributed by atoms with van der Waals surface area (Å²) in [4.78, 5) is 2.17. The van der Waals surface area contributed by atoms with E-state index in [1.165, 1.54) is 6.07 Å². The van der Waals surface area contributed by atoms with Crippen molar-refractivity contribution in [2.45, 2.75) is 25.0 Å². The zero-order valence-corrected chi connectivity index (χ0v) is 14.7. The molecule has 134 valence electrons. The highest BCUT2D eigenvalue weighted by atomic mass is 19.1. The first-order valence-corrected chi connectivity index (χ1v) is 8.46. The van der Waals surface area contributed by atoms with Crippen molar-refractivity contribution in [2.75, 3.05) is 27.3 Å². The number of piperidine rings is 1. The van der Waals surface area contributed by atoms with Crippen molar-refractivity contribution < 1.29 is 19.0 Å². The van der Waals surface area contributed by atoms with Crippen LogP contribution in [0.4, 0.5) is 4.39 Å². The van der Waals surface area contributed by atoms with Gasteiger partial charge in [-0.05, 0) is 36.6 Å². The normalized spacial score (nSPS) is 17.3. The van der Waals surface area contributed by atoms with Gasteiger partial charge >= 0.3 is 0 Å². The fourth-order valence-electron chi connectivity index (χ4n) is 3.31. The summed E-state index contributed by atoms with van der Waals surface area (Å²) in [5, 5.41) is 11.1. The van der Waals surface area contributed by atoms with Gasteiger partial charge in [0, 0.05) is 31.3 Å². The van der Waals surface area contributed by atoms with Crippen molar-refractivity contribution >= 4 is 0 Å². The van der Waals surface area contributed by atoms with Gasteiger partial charge in [-0.1, -0.05) is 18.2 Å². The standard InChI is InChI=1S/C20H24FNO3/c1-24-17-11-16(12-18(13-17)25-2)20(23)7-9-22(10-8-20)14-15-5-3-4-6-19(15)21/h3-6,11-13,23H,7-10,14H2,1-2H3. The highest BCUT2D eigenvalue weighted by Crippen LogP contribution is 2.37. The highest BCUT2D eigenvalue weighted by molar-refractivity contribution is 5.41. The molecule has 4 nitrogen and oxygen atoms in total. The Morgan fingerprint density at radius 3 is 2.20 bits per heavy atom. The number of methoxy groups -OCH3 is 2. The molecule has 0 aromatic heterocycles. The molecule has 0 unspecified atom stereocenters. The first-order chi connectivity index (χ1) is 12.0. The summed E-state index contributed by atoms with van der Waals surface area (Å²) >= 11 is 0. The Morgan fingerprint density at radius 1 is 1.04 bits per heavy atom. The van der Waals surface area contributed by atoms with Crippen LogP contribution in [-0.2, 0) is 12.1 Å². The smallest absolute Gasteiger partial charge is 0.127 e. The van der Waals surface area contributed by atoms with E-state index in [1.54, 1.807) is 26.4 Å². The number of ether oxygens (including phenoxy) is 2. The third-order valence-electron chi connectivity index (χ3n) is 4.92. The molecule has 2 aromatic carbocycles. The van der Waals surface area contributed by atoms with E-state index in [1.807, 2.05) is 24.3 Å². The predicted molar refractivity (Wildman–Crippen MR) is 94.4 cm³/mol. The van der Waals surface area contributed by atoms with Crippen LogP contribution in [0.1, 0.15) is 24.0 Å². The third-order valence-corrected chi connectivity index (χ3v) is 4.92. The van der Waals surface area contributed by atoms with Crippen molar-refractivity contribution in [3.8, 4) is 11.5 Å². The Bertz CT molecular complexity index is 704. The van der Waals surface area contributed by atoms with Crippen LogP contribution < -0.4 is 9.47 Å². The summed E-state index contributed by atoms with van der Waals surface area (Å²) in [5.74, 6) is 1.15. The average Bonchev–Trinajstić information content (AvgIpc) is 2.65. The quantitative estimate of drug-likeness (QED) is 0.903. The fraction of sp³-hybridized carbons (Fsp3) is 0.400. The maximum atomic E-state index is 13.8. The van der Waals surface area contributed by atoms with Crippen LogP contribution in [0.25, 0.3) is 0 Å². The molecule has 0 radical (unpaired) electrons. The molecule has 1 fully saturated rings. The Morgan fingerprint density at radius 2 is 1.64 bits per heavy atom. The molecule has 1 aliphatic rings. The Kier molecular flexibility index (Phi) is 5.25. The molecular formula is C20H24FNO3. The first kappa shape index (κ1) is 17.7. The minimum atomic E-state index is -0.923. The monoisotopic (exact) mass is 345 g/mol. The first-order valence-electron chi connectivity index (χ1n) is 8.46. The van der Waals surface area contributed by atoms with E-state index in [9.17, 15) is 9.50 Å². The van der Waals surface area contributed by atoms with Crippen LogP contribution in [0.2, 0.25) is 0 Å². The second-order valence-corrected chi connectivity index (χ2v) is 6.50. The molecule has 0 bridgehead atoms. The third kappa shape index (κ3) is 3.94. The van der Waals surface area contributed by atoms with Gasteiger partial charge in [-0.2, -0.15) is 0 Å². The van der Waals surface area contributed by atoms with Crippen LogP contribution in [0.3, 0.4) is 0 Å². The number of benzene rings is 2. The van der Waals surface area contributed by atoms with Gasteiger partial charge in [-0.3, -0.25) is 4.90 Å². The lowest BCUT2D eigenvalue weighted by atomic mass is 9.84. The molecule has 1 saturated heterocycles. The molecule has 1 aliphatic heterocycles. The summed E-state index contributed by atoms with van der Waals surface area (Å²) in [6.45, 7) is 1.96. The van der Waals surface area contributed by atoms with Gasteiger partial charge in [0.25, 0.3) is 0 Å². The summed E-state index contributed by atoms with van der Waals surface area (Å²) in [6.07, 6.45) is 1.16. The molecule has 0 spiro atoms. The molecule has 0 saturated carbocycles. The lowest BCUT2D eigenvalue weighted by molar-refractivity contribution is -0.0281. The molecule has 0 amide bonds. The summed E-state index contributed by atoms with van der Waals surface area (Å²) in [5.41, 5.74) is 0.568. The van der Waals surface area contributed by atoms with Crippen molar-refractivity contribution in [3.63, 3.8) is 0 Å². The molecule has 25 heavy (non-hydrogen) atoms. The van der Waals surface area contributed by atoms with Crippen molar-refractivity contribution in [3.05, 3.63) is 59.4 Å². The van der Waals surface area contributed by atoms with Crippen LogP contribution in [0, 0.1) is 5.82 Å². The lowest BCUT2D eigenvalue weighted by Crippen LogP contribution is -2.42. The van der Waals surface area contributed by atoms with Gasteiger partial charge in [0.2, 0.25) is 0 Å². The van der Waals surface area contributed by atoms with E-state index in [2.05, 4.69) is 4.90 Å². The zero-order valence-electron chi connectivity index (χ0n) is 14.7. The molecule has 1 N–H and O–H groups in total. The minimum absolute atomic E-state index is 0.180. The summed E-state index contributed by atoms with van der Waals surface area (Å²) in [7, 11) is 3.19. The van der Waals surface area contributed by atoms with E-state index >= 15 is 0 Å². The molecule has 1 heterocycles. The Balaban J connectivity index is 1.71. The maximum absolute atomic E-state index is 13.8. The Hall–Kier alpha value is -2.11. The maximum Gasteiger partial charge on any atom is 0.127 e. The van der Waals surface area contributed by atoms with Crippen LogP contribution in [0.15, 0.2) is 42.5 Å². The fourth-order valence-corrected chi connectivity index (χ4v) is 3.31. The number of likely N-dealkylation sites (tertiary alicyclic amines) is 1. The van der Waals surface area contributed by atoms with Gasteiger partial charge in [-0.15, -0.1) is 0 Å². The second-order valence-electron chi connectivity index (χ2n) is 6.50. The molecule has 0 aliphatic carbocycles. The number of hydrogen-bond donors (Lipinski definition) is 1. The van der Waals surface area contributed by atoms with E-state index in [0.29, 0.717) is 49.5 Å². The van der Waals surface area contributed by atoms with Gasteiger partial charge < -0.3 is 14.6 Å². The van der Waals surface area contributed by atoms with Gasteiger partial charge in [-0.25, -0.2) is 4.39 Å². The van der Waals surface area contributed by atoms with E-state index < -0.39 is 5.60 Å². The van der Waals surface area contributed by atoms with Gasteiger partial charge in [0.05, 0.1) is 19.8 Å². The zero-order chi connectivity index (χ0) is 17.9. The molecule has 0 atom stereocenters. The highest BCUT2D eigenvalue weighted by Gasteiger charge is 2.34.